The van der Waals surface area contributed by atoms with E-state index < -0.39 is 41.1 Å². The van der Waals surface area contributed by atoms with Gasteiger partial charge in [-0.25, -0.2) is 13.6 Å². The average molecular weight is 407 g/mol. The van der Waals surface area contributed by atoms with Crippen LogP contribution >= 0.6 is 0 Å². The first-order valence-corrected chi connectivity index (χ1v) is 8.46. The second-order valence-electron chi connectivity index (χ2n) is 5.85. The van der Waals surface area contributed by atoms with E-state index >= 15 is 0 Å². The molecule has 0 spiro atoms. The highest BCUT2D eigenvalue weighted by Gasteiger charge is 2.28. The zero-order chi connectivity index (χ0) is 21.6. The van der Waals surface area contributed by atoms with Crippen molar-refractivity contribution in [2.45, 2.75) is 19.6 Å². The monoisotopic (exact) mass is 407 g/mol. The summed E-state index contributed by atoms with van der Waals surface area (Å²) in [4.78, 5) is 26.2. The molecular formula is C19H19F2N3O5. The number of amides is 2. The van der Waals surface area contributed by atoms with E-state index in [1.807, 2.05) is 0 Å². The predicted octanol–water partition coefficient (Wildman–Crippen LogP) is 2.45. The molecule has 2 aromatic carbocycles. The fourth-order valence-corrected chi connectivity index (χ4v) is 2.52. The lowest BCUT2D eigenvalue weighted by molar-refractivity contribution is -0.133. The van der Waals surface area contributed by atoms with Crippen LogP contribution in [-0.4, -0.2) is 34.7 Å². The number of benzene rings is 2. The Kier molecular flexibility index (Phi) is 7.21. The van der Waals surface area contributed by atoms with Gasteiger partial charge in [-0.1, -0.05) is 24.3 Å². The van der Waals surface area contributed by atoms with E-state index in [1.165, 1.54) is 12.1 Å². The van der Waals surface area contributed by atoms with Crippen LogP contribution < -0.4 is 11.1 Å². The molecule has 0 aliphatic carbocycles. The molecule has 2 aromatic rings. The molecule has 10 heteroatoms. The minimum atomic E-state index is -1.54. The fourth-order valence-electron chi connectivity index (χ4n) is 2.52. The number of carboxylic acid groups (broad SMARTS) is 1. The van der Waals surface area contributed by atoms with Crippen molar-refractivity contribution in [3.05, 3.63) is 64.7 Å². The Morgan fingerprint density at radius 2 is 1.79 bits per heavy atom. The van der Waals surface area contributed by atoms with Crippen molar-refractivity contribution in [2.75, 3.05) is 6.61 Å². The Balaban J connectivity index is 2.13. The summed E-state index contributed by atoms with van der Waals surface area (Å²) in [6.07, 6.45) is -2.97. The Morgan fingerprint density at radius 1 is 1.21 bits per heavy atom. The number of aliphatic imine (C=N–C) groups is 1. The van der Waals surface area contributed by atoms with Gasteiger partial charge in [0.05, 0.1) is 5.56 Å². The van der Waals surface area contributed by atoms with Gasteiger partial charge in [0.2, 0.25) is 0 Å². The summed E-state index contributed by atoms with van der Waals surface area (Å²) in [7, 11) is 0. The maximum atomic E-state index is 14.1. The third-order valence-electron chi connectivity index (χ3n) is 3.83. The summed E-state index contributed by atoms with van der Waals surface area (Å²) >= 11 is 0. The third kappa shape index (κ3) is 5.72. The number of hydrogen-bond donors (Lipinski definition) is 4. The minimum Gasteiger partial charge on any atom is -0.508 e. The number of ether oxygens (including phenoxy) is 1. The number of carbonyl (C=O) groups is 2. The van der Waals surface area contributed by atoms with Crippen molar-refractivity contribution in [3.63, 3.8) is 0 Å². The summed E-state index contributed by atoms with van der Waals surface area (Å²) in [6.45, 7) is 1.60. The third-order valence-corrected chi connectivity index (χ3v) is 3.83. The maximum absolute atomic E-state index is 14.1. The number of aromatic hydroxyl groups is 1. The summed E-state index contributed by atoms with van der Waals surface area (Å²) in [6, 6.07) is 7.58. The quantitative estimate of drug-likeness (QED) is 0.411. The largest absolute Gasteiger partial charge is 0.508 e. The van der Waals surface area contributed by atoms with Crippen molar-refractivity contribution < 1.29 is 33.3 Å². The molecule has 0 radical (unpaired) electrons. The number of carbonyl (C=O) groups excluding carboxylic acids is 1. The molecule has 0 aromatic heterocycles. The van der Waals surface area contributed by atoms with Gasteiger partial charge in [0, 0.05) is 30.8 Å². The molecule has 0 saturated carbocycles. The first kappa shape index (κ1) is 21.8. The summed E-state index contributed by atoms with van der Waals surface area (Å²) in [5.41, 5.74) is 5.93. The van der Waals surface area contributed by atoms with Crippen LogP contribution in [0.1, 0.15) is 29.7 Å². The van der Waals surface area contributed by atoms with Gasteiger partial charge in [-0.2, -0.15) is 4.99 Å². The minimum absolute atomic E-state index is 0.0139. The van der Waals surface area contributed by atoms with Gasteiger partial charge in [-0.3, -0.25) is 4.79 Å². The van der Waals surface area contributed by atoms with Gasteiger partial charge in [0.1, 0.15) is 23.2 Å². The first-order chi connectivity index (χ1) is 13.7. The molecule has 1 atom stereocenters. The molecule has 29 heavy (non-hydrogen) atoms. The molecule has 0 fully saturated rings. The molecule has 5 N–H and O–H groups in total. The maximum Gasteiger partial charge on any atom is 0.433 e. The number of phenolic OH excluding ortho intramolecular Hbond substituents is 1. The van der Waals surface area contributed by atoms with Crippen molar-refractivity contribution in [1.82, 2.24) is 5.32 Å². The Morgan fingerprint density at radius 3 is 2.31 bits per heavy atom. The van der Waals surface area contributed by atoms with Crippen LogP contribution in [-0.2, 0) is 16.1 Å². The number of halogens is 2. The summed E-state index contributed by atoms with van der Waals surface area (Å²) in [5.74, 6) is -3.76. The van der Waals surface area contributed by atoms with E-state index in [1.54, 1.807) is 19.1 Å². The molecule has 8 nitrogen and oxygen atoms in total. The number of phenols is 1. The number of nitrogens with two attached hydrogens (primary N) is 1. The number of nitrogens with one attached hydrogen (secondary N) is 1. The lowest BCUT2D eigenvalue weighted by atomic mass is 10.1. The standard InChI is InChI=1S/C19H19F2N3O5/c1-2-29-16(15-13(20)7-12(25)8-14(15)21)18(26)23-9-10-3-5-11(6-4-10)17(22)24-19(27)28/h3-8,16,25H,2,9H2,1H3,(H2,22,24)(H,23,26)(H,27,28). The van der Waals surface area contributed by atoms with Crippen molar-refractivity contribution in [3.8, 4) is 5.75 Å². The smallest absolute Gasteiger partial charge is 0.433 e. The number of rotatable bonds is 7. The average Bonchev–Trinajstić information content (AvgIpc) is 2.64. The van der Waals surface area contributed by atoms with Gasteiger partial charge < -0.3 is 26.0 Å². The molecule has 0 heterocycles. The van der Waals surface area contributed by atoms with Crippen LogP contribution in [0.2, 0.25) is 0 Å². The SMILES string of the molecule is CCOC(C(=O)NCc1ccc(/C(N)=N\C(=O)O)cc1)c1c(F)cc(O)cc1F. The molecule has 0 aliphatic rings. The van der Waals surface area contributed by atoms with Gasteiger partial charge >= 0.3 is 6.09 Å². The van der Waals surface area contributed by atoms with Crippen LogP contribution in [0.15, 0.2) is 41.4 Å². The van der Waals surface area contributed by atoms with Crippen LogP contribution in [0.3, 0.4) is 0 Å². The number of hydrogen-bond acceptors (Lipinski definition) is 4. The van der Waals surface area contributed by atoms with Crippen LogP contribution in [0, 0.1) is 11.6 Å². The van der Waals surface area contributed by atoms with Crippen molar-refractivity contribution >= 4 is 17.8 Å². The Hall–Kier alpha value is -3.53. The van der Waals surface area contributed by atoms with Crippen LogP contribution in [0.5, 0.6) is 5.75 Å². The van der Waals surface area contributed by atoms with E-state index in [4.69, 9.17) is 15.6 Å². The van der Waals surface area contributed by atoms with Gasteiger partial charge in [-0.05, 0) is 12.5 Å². The van der Waals surface area contributed by atoms with Gasteiger partial charge in [0.15, 0.2) is 6.10 Å². The number of nitrogens with zero attached hydrogens (tertiary/aromatic N) is 1. The molecule has 2 amide bonds. The lowest BCUT2D eigenvalue weighted by Crippen LogP contribution is -2.31. The highest BCUT2D eigenvalue weighted by molar-refractivity contribution is 6.02. The summed E-state index contributed by atoms with van der Waals surface area (Å²) < 4.78 is 33.4. The van der Waals surface area contributed by atoms with Crippen LogP contribution in [0.25, 0.3) is 0 Å². The topological polar surface area (TPSA) is 134 Å². The predicted molar refractivity (Wildman–Crippen MR) is 99.4 cm³/mol. The second kappa shape index (κ2) is 9.60. The molecule has 0 bridgehead atoms. The zero-order valence-corrected chi connectivity index (χ0v) is 15.4. The molecule has 1 unspecified atom stereocenters. The van der Waals surface area contributed by atoms with Crippen molar-refractivity contribution in [1.29, 1.82) is 0 Å². The normalized spacial score (nSPS) is 12.4. The van der Waals surface area contributed by atoms with E-state index in [0.29, 0.717) is 23.3 Å². The number of amidine groups is 1. The molecule has 154 valence electrons. The highest BCUT2D eigenvalue weighted by atomic mass is 19.1. The molecule has 2 rings (SSSR count). The lowest BCUT2D eigenvalue weighted by Gasteiger charge is -2.18. The Labute approximate surface area is 164 Å². The van der Waals surface area contributed by atoms with Crippen LogP contribution in [0.4, 0.5) is 13.6 Å². The van der Waals surface area contributed by atoms with E-state index in [2.05, 4.69) is 10.3 Å². The Bertz CT molecular complexity index is 909. The van der Waals surface area contributed by atoms with Crippen molar-refractivity contribution in [2.24, 2.45) is 10.7 Å². The zero-order valence-electron chi connectivity index (χ0n) is 15.4. The van der Waals surface area contributed by atoms with E-state index in [9.17, 15) is 23.5 Å². The molecule has 0 aliphatic heterocycles. The van der Waals surface area contributed by atoms with E-state index in [-0.39, 0.29) is 19.0 Å². The fraction of sp³-hybridized carbons (Fsp3) is 0.211. The molecule has 0 saturated heterocycles. The van der Waals surface area contributed by atoms with Gasteiger partial charge in [-0.15, -0.1) is 0 Å². The van der Waals surface area contributed by atoms with E-state index in [0.717, 1.165) is 0 Å². The van der Waals surface area contributed by atoms with Gasteiger partial charge in [0.25, 0.3) is 5.91 Å². The second-order valence-corrected chi connectivity index (χ2v) is 5.85. The highest BCUT2D eigenvalue weighted by Crippen LogP contribution is 2.27. The molecular weight excluding hydrogens is 388 g/mol. The summed E-state index contributed by atoms with van der Waals surface area (Å²) in [5, 5.41) is 20.4. The first-order valence-electron chi connectivity index (χ1n) is 8.46.